The lowest BCUT2D eigenvalue weighted by molar-refractivity contribution is -0.383. The van der Waals surface area contributed by atoms with Gasteiger partial charge in [0, 0.05) is 7.05 Å². The molecule has 164 valence electrons. The standard InChI is InChI=1S/C21H20N6O5/c1-26(16-11-7-6-10-15(16)21(29)32-2)20-18(27(30)31)19(22-13-23-20)25-24-17(28)12-14-8-4-3-5-9-14/h3-11,13H,12H2,1-2H3,(H,24,28)(H,22,23,25). The molecular formula is C21H20N6O5. The van der Waals surface area contributed by atoms with Crippen LogP contribution in [0.5, 0.6) is 0 Å². The van der Waals surface area contributed by atoms with E-state index in [-0.39, 0.29) is 23.6 Å². The van der Waals surface area contributed by atoms with Crippen molar-refractivity contribution in [3.8, 4) is 0 Å². The van der Waals surface area contributed by atoms with Gasteiger partial charge >= 0.3 is 11.7 Å². The summed E-state index contributed by atoms with van der Waals surface area (Å²) in [4.78, 5) is 44.8. The lowest BCUT2D eigenvalue weighted by Crippen LogP contribution is -2.31. The first-order valence-corrected chi connectivity index (χ1v) is 9.41. The number of rotatable bonds is 8. The van der Waals surface area contributed by atoms with Crippen LogP contribution in [0.2, 0.25) is 0 Å². The summed E-state index contributed by atoms with van der Waals surface area (Å²) in [5, 5.41) is 11.8. The second kappa shape index (κ2) is 9.98. The maximum absolute atomic E-state index is 12.2. The number of nitrogens with zero attached hydrogens (tertiary/aromatic N) is 4. The fourth-order valence-electron chi connectivity index (χ4n) is 2.99. The van der Waals surface area contributed by atoms with Gasteiger partial charge in [0.2, 0.25) is 17.5 Å². The van der Waals surface area contributed by atoms with Gasteiger partial charge in [0.15, 0.2) is 0 Å². The molecule has 0 radical (unpaired) electrons. The first-order chi connectivity index (χ1) is 15.4. The van der Waals surface area contributed by atoms with E-state index in [1.54, 1.807) is 42.5 Å². The number of carbonyl (C=O) groups excluding carboxylic acids is 2. The van der Waals surface area contributed by atoms with Crippen molar-refractivity contribution in [3.05, 3.63) is 82.2 Å². The molecule has 0 saturated carbocycles. The van der Waals surface area contributed by atoms with Crippen LogP contribution >= 0.6 is 0 Å². The molecule has 1 amide bonds. The number of nitro groups is 1. The Kier molecular flexibility index (Phi) is 6.91. The number of amides is 1. The topological polar surface area (TPSA) is 140 Å². The molecular weight excluding hydrogens is 416 g/mol. The van der Waals surface area contributed by atoms with Crippen molar-refractivity contribution in [2.24, 2.45) is 0 Å². The van der Waals surface area contributed by atoms with Gasteiger partial charge in [0.05, 0.1) is 29.7 Å². The monoisotopic (exact) mass is 436 g/mol. The maximum Gasteiger partial charge on any atom is 0.355 e. The van der Waals surface area contributed by atoms with Gasteiger partial charge in [-0.3, -0.25) is 25.8 Å². The highest BCUT2D eigenvalue weighted by molar-refractivity contribution is 5.97. The second-order valence-electron chi connectivity index (χ2n) is 6.55. The third kappa shape index (κ3) is 4.95. The third-order valence-electron chi connectivity index (χ3n) is 4.50. The molecule has 2 N–H and O–H groups in total. The molecule has 0 aliphatic rings. The van der Waals surface area contributed by atoms with E-state index in [4.69, 9.17) is 4.74 Å². The predicted octanol–water partition coefficient (Wildman–Crippen LogP) is 2.63. The Balaban J connectivity index is 1.88. The van der Waals surface area contributed by atoms with Crippen LogP contribution in [-0.2, 0) is 16.0 Å². The zero-order valence-electron chi connectivity index (χ0n) is 17.3. The first kappa shape index (κ1) is 22.2. The van der Waals surface area contributed by atoms with Gasteiger partial charge in [-0.15, -0.1) is 0 Å². The Morgan fingerprint density at radius 2 is 1.78 bits per heavy atom. The summed E-state index contributed by atoms with van der Waals surface area (Å²) >= 11 is 0. The summed E-state index contributed by atoms with van der Waals surface area (Å²) in [6.07, 6.45) is 1.19. The molecule has 0 bridgehead atoms. The molecule has 0 spiro atoms. The van der Waals surface area contributed by atoms with Crippen LogP contribution in [0.15, 0.2) is 60.9 Å². The second-order valence-corrected chi connectivity index (χ2v) is 6.55. The molecule has 11 heteroatoms. The molecule has 0 unspecified atom stereocenters. The number of benzene rings is 2. The highest BCUT2D eigenvalue weighted by atomic mass is 16.6. The summed E-state index contributed by atoms with van der Waals surface area (Å²) < 4.78 is 4.79. The molecule has 1 heterocycles. The average molecular weight is 436 g/mol. The minimum absolute atomic E-state index is 0.0754. The molecule has 0 aliphatic carbocycles. The van der Waals surface area contributed by atoms with Gasteiger partial charge in [0.25, 0.3) is 0 Å². The van der Waals surface area contributed by atoms with Crippen LogP contribution in [-0.4, -0.2) is 40.9 Å². The largest absolute Gasteiger partial charge is 0.465 e. The number of hydrogen-bond donors (Lipinski definition) is 2. The Labute approximate surface area is 183 Å². The smallest absolute Gasteiger partial charge is 0.355 e. The quantitative estimate of drug-likeness (QED) is 0.310. The Hall–Kier alpha value is -4.54. The van der Waals surface area contributed by atoms with Gasteiger partial charge in [-0.25, -0.2) is 14.8 Å². The number of ether oxygens (including phenoxy) is 1. The number of methoxy groups -OCH3 is 1. The van der Waals surface area contributed by atoms with Crippen molar-refractivity contribution in [2.75, 3.05) is 24.5 Å². The van der Waals surface area contributed by atoms with E-state index in [2.05, 4.69) is 20.8 Å². The number of para-hydroxylation sites is 1. The number of hydrazine groups is 1. The van der Waals surface area contributed by atoms with E-state index in [9.17, 15) is 19.7 Å². The Morgan fingerprint density at radius 1 is 1.09 bits per heavy atom. The molecule has 0 fully saturated rings. The van der Waals surface area contributed by atoms with E-state index in [1.807, 2.05) is 6.07 Å². The minimum Gasteiger partial charge on any atom is -0.465 e. The Morgan fingerprint density at radius 3 is 2.47 bits per heavy atom. The molecule has 0 aliphatic heterocycles. The zero-order valence-corrected chi connectivity index (χ0v) is 17.3. The van der Waals surface area contributed by atoms with Gasteiger partial charge < -0.3 is 9.64 Å². The normalized spacial score (nSPS) is 10.2. The van der Waals surface area contributed by atoms with Crippen molar-refractivity contribution < 1.29 is 19.2 Å². The number of aromatic nitrogens is 2. The Bertz CT molecular complexity index is 1140. The van der Waals surface area contributed by atoms with Gasteiger partial charge in [-0.05, 0) is 17.7 Å². The maximum atomic E-state index is 12.2. The van der Waals surface area contributed by atoms with E-state index in [0.29, 0.717) is 5.69 Å². The van der Waals surface area contributed by atoms with Crippen LogP contribution in [0.1, 0.15) is 15.9 Å². The summed E-state index contributed by atoms with van der Waals surface area (Å²) in [6.45, 7) is 0. The number of esters is 1. The molecule has 11 nitrogen and oxygen atoms in total. The average Bonchev–Trinajstić information content (AvgIpc) is 2.82. The van der Waals surface area contributed by atoms with Crippen LogP contribution < -0.4 is 15.8 Å². The van der Waals surface area contributed by atoms with E-state index >= 15 is 0 Å². The van der Waals surface area contributed by atoms with E-state index in [1.165, 1.54) is 25.1 Å². The highest BCUT2D eigenvalue weighted by Crippen LogP contribution is 2.35. The van der Waals surface area contributed by atoms with Crippen LogP contribution in [0.4, 0.5) is 23.0 Å². The summed E-state index contributed by atoms with van der Waals surface area (Å²) in [6, 6.07) is 15.5. The van der Waals surface area contributed by atoms with Crippen LogP contribution in [0.3, 0.4) is 0 Å². The zero-order chi connectivity index (χ0) is 23.1. The molecule has 3 rings (SSSR count). The minimum atomic E-state index is -0.668. The van der Waals surface area contributed by atoms with Crippen molar-refractivity contribution in [2.45, 2.75) is 6.42 Å². The SMILES string of the molecule is COC(=O)c1ccccc1N(C)c1ncnc(NNC(=O)Cc2ccccc2)c1[N+](=O)[O-]. The number of nitrogens with one attached hydrogen (secondary N) is 2. The molecule has 32 heavy (non-hydrogen) atoms. The molecule has 0 saturated heterocycles. The van der Waals surface area contributed by atoms with Gasteiger partial charge in [-0.1, -0.05) is 42.5 Å². The summed E-state index contributed by atoms with van der Waals surface area (Å²) in [7, 11) is 2.77. The highest BCUT2D eigenvalue weighted by Gasteiger charge is 2.28. The van der Waals surface area contributed by atoms with Crippen LogP contribution in [0.25, 0.3) is 0 Å². The summed E-state index contributed by atoms with van der Waals surface area (Å²) in [5.41, 5.74) is 5.77. The lowest BCUT2D eigenvalue weighted by Gasteiger charge is -2.21. The number of anilines is 3. The lowest BCUT2D eigenvalue weighted by atomic mass is 10.1. The van der Waals surface area contributed by atoms with Crippen LogP contribution in [0, 0.1) is 10.1 Å². The van der Waals surface area contributed by atoms with Gasteiger partial charge in [0.1, 0.15) is 6.33 Å². The molecule has 1 aromatic heterocycles. The molecule has 2 aromatic carbocycles. The van der Waals surface area contributed by atoms with E-state index < -0.39 is 22.5 Å². The predicted molar refractivity (Wildman–Crippen MR) is 116 cm³/mol. The molecule has 0 atom stereocenters. The van der Waals surface area contributed by atoms with E-state index in [0.717, 1.165) is 11.9 Å². The van der Waals surface area contributed by atoms with Crippen molar-refractivity contribution in [1.82, 2.24) is 15.4 Å². The third-order valence-corrected chi connectivity index (χ3v) is 4.50. The fourth-order valence-corrected chi connectivity index (χ4v) is 2.99. The first-order valence-electron chi connectivity index (χ1n) is 9.41. The van der Waals surface area contributed by atoms with Crippen molar-refractivity contribution >= 4 is 34.9 Å². The molecule has 3 aromatic rings. The number of carbonyl (C=O) groups is 2. The van der Waals surface area contributed by atoms with Crippen molar-refractivity contribution in [3.63, 3.8) is 0 Å². The van der Waals surface area contributed by atoms with Gasteiger partial charge in [-0.2, -0.15) is 0 Å². The summed E-state index contributed by atoms with van der Waals surface area (Å²) in [5.74, 6) is -1.30. The van der Waals surface area contributed by atoms with Crippen molar-refractivity contribution in [1.29, 1.82) is 0 Å². The fraction of sp³-hybridized carbons (Fsp3) is 0.143. The number of hydrogen-bond acceptors (Lipinski definition) is 9.